The second-order valence-corrected chi connectivity index (χ2v) is 4.53. The van der Waals surface area contributed by atoms with Crippen molar-refractivity contribution in [2.24, 2.45) is 0 Å². The van der Waals surface area contributed by atoms with Gasteiger partial charge in [0.05, 0.1) is 19.6 Å². The van der Waals surface area contributed by atoms with Gasteiger partial charge < -0.3 is 19.0 Å². The van der Waals surface area contributed by atoms with Gasteiger partial charge in [-0.15, -0.1) is 0 Å². The predicted molar refractivity (Wildman–Crippen MR) is 75.3 cm³/mol. The fraction of sp³-hybridized carbons (Fsp3) is 0.267. The maximum Gasteiger partial charge on any atom is 0.188 e. The molecule has 1 unspecified atom stereocenters. The lowest BCUT2D eigenvalue weighted by atomic mass is 10.1. The van der Waals surface area contributed by atoms with Gasteiger partial charge in [0.25, 0.3) is 0 Å². The molecule has 0 fully saturated rings. The van der Waals surface area contributed by atoms with Crippen molar-refractivity contribution in [3.05, 3.63) is 30.2 Å². The van der Waals surface area contributed by atoms with Gasteiger partial charge in [0, 0.05) is 11.6 Å². The molecule has 0 radical (unpaired) electrons. The Morgan fingerprint density at radius 1 is 1.20 bits per heavy atom. The number of aliphatic hydroxyl groups excluding tert-OH is 1. The van der Waals surface area contributed by atoms with Gasteiger partial charge in [-0.05, 0) is 25.1 Å². The topological polar surface area (TPSA) is 64.7 Å². The molecule has 20 heavy (non-hydrogen) atoms. The van der Waals surface area contributed by atoms with Crippen molar-refractivity contribution >= 4 is 21.9 Å². The third-order valence-corrected chi connectivity index (χ3v) is 3.29. The molecule has 0 amide bonds. The van der Waals surface area contributed by atoms with Crippen LogP contribution in [0.4, 0.5) is 0 Å². The van der Waals surface area contributed by atoms with Crippen molar-refractivity contribution in [1.29, 1.82) is 0 Å². The van der Waals surface area contributed by atoms with E-state index in [0.717, 1.165) is 10.8 Å². The third kappa shape index (κ3) is 1.71. The Kier molecular flexibility index (Phi) is 2.99. The Hall–Kier alpha value is -2.27. The third-order valence-electron chi connectivity index (χ3n) is 3.29. The van der Waals surface area contributed by atoms with E-state index in [-0.39, 0.29) is 0 Å². The summed E-state index contributed by atoms with van der Waals surface area (Å²) in [5.74, 6) is 1.68. The zero-order chi connectivity index (χ0) is 14.3. The van der Waals surface area contributed by atoms with Crippen molar-refractivity contribution in [1.82, 2.24) is 4.98 Å². The van der Waals surface area contributed by atoms with Crippen molar-refractivity contribution in [2.45, 2.75) is 13.0 Å². The lowest BCUT2D eigenvalue weighted by molar-refractivity contribution is 0.172. The number of nitrogens with zero attached hydrogens (tertiary/aromatic N) is 1. The zero-order valence-corrected chi connectivity index (χ0v) is 11.5. The van der Waals surface area contributed by atoms with Gasteiger partial charge in [0.1, 0.15) is 23.1 Å². The van der Waals surface area contributed by atoms with Crippen LogP contribution in [0, 0.1) is 0 Å². The van der Waals surface area contributed by atoms with Gasteiger partial charge in [-0.2, -0.15) is 0 Å². The highest BCUT2D eigenvalue weighted by molar-refractivity contribution is 6.07. The van der Waals surface area contributed by atoms with E-state index >= 15 is 0 Å². The molecule has 5 heteroatoms. The zero-order valence-electron chi connectivity index (χ0n) is 11.5. The number of aromatic nitrogens is 1. The molecule has 104 valence electrons. The van der Waals surface area contributed by atoms with E-state index in [9.17, 15) is 5.11 Å². The molecule has 0 saturated heterocycles. The molecule has 1 aromatic carbocycles. The molecule has 2 aromatic heterocycles. The Bertz CT molecular complexity index is 716. The first-order valence-electron chi connectivity index (χ1n) is 6.27. The maximum absolute atomic E-state index is 9.70. The quantitative estimate of drug-likeness (QED) is 0.794. The fourth-order valence-corrected chi connectivity index (χ4v) is 2.38. The molecular weight excluding hydrogens is 258 g/mol. The van der Waals surface area contributed by atoms with Crippen LogP contribution in [0.2, 0.25) is 0 Å². The largest absolute Gasteiger partial charge is 0.495 e. The van der Waals surface area contributed by atoms with Gasteiger partial charge in [-0.1, -0.05) is 0 Å². The molecule has 0 saturated carbocycles. The highest BCUT2D eigenvalue weighted by Gasteiger charge is 2.21. The molecule has 0 aliphatic carbocycles. The lowest BCUT2D eigenvalue weighted by Crippen LogP contribution is -1.92. The maximum atomic E-state index is 9.70. The number of aliphatic hydroxyl groups is 1. The Morgan fingerprint density at radius 3 is 2.60 bits per heavy atom. The molecule has 0 spiro atoms. The van der Waals surface area contributed by atoms with E-state index in [0.29, 0.717) is 28.4 Å². The van der Waals surface area contributed by atoms with Crippen LogP contribution in [0.15, 0.2) is 28.8 Å². The second kappa shape index (κ2) is 4.68. The monoisotopic (exact) mass is 273 g/mol. The molecule has 0 bridgehead atoms. The van der Waals surface area contributed by atoms with Gasteiger partial charge >= 0.3 is 0 Å². The van der Waals surface area contributed by atoms with Crippen LogP contribution in [0.25, 0.3) is 21.9 Å². The summed E-state index contributed by atoms with van der Waals surface area (Å²) in [5.41, 5.74) is 1.21. The number of hydrogen-bond donors (Lipinski definition) is 1. The minimum absolute atomic E-state index is 0.465. The average molecular weight is 273 g/mol. The van der Waals surface area contributed by atoms with Crippen molar-refractivity contribution in [3.8, 4) is 11.5 Å². The fourth-order valence-electron chi connectivity index (χ4n) is 2.38. The molecule has 2 heterocycles. The van der Waals surface area contributed by atoms with Crippen LogP contribution in [0.3, 0.4) is 0 Å². The summed E-state index contributed by atoms with van der Waals surface area (Å²) in [6.45, 7) is 1.65. The number of benzene rings is 1. The Labute approximate surface area is 115 Å². The van der Waals surface area contributed by atoms with E-state index in [4.69, 9.17) is 13.9 Å². The molecule has 0 aliphatic rings. The summed E-state index contributed by atoms with van der Waals surface area (Å²) >= 11 is 0. The minimum atomic E-state index is -0.701. The Morgan fingerprint density at radius 2 is 1.95 bits per heavy atom. The summed E-state index contributed by atoms with van der Waals surface area (Å²) in [6, 6.07) is 5.53. The van der Waals surface area contributed by atoms with Crippen LogP contribution in [0.1, 0.15) is 18.8 Å². The summed E-state index contributed by atoms with van der Waals surface area (Å²) < 4.78 is 16.6. The molecule has 1 N–H and O–H groups in total. The standard InChI is InChI=1S/C15H15NO4/c1-8(17)11-7-10-13(18-2)9-5-4-6-16-12(9)15(19-3)14(10)20-11/h4-8,17H,1-3H3. The Balaban J connectivity index is 2.51. The number of rotatable bonds is 3. The van der Waals surface area contributed by atoms with Gasteiger partial charge in [-0.3, -0.25) is 4.98 Å². The SMILES string of the molecule is COc1c2cccnc2c(OC)c2oc(C(C)O)cc12. The number of fused-ring (bicyclic) bond motifs is 2. The second-order valence-electron chi connectivity index (χ2n) is 4.53. The van der Waals surface area contributed by atoms with E-state index in [1.807, 2.05) is 12.1 Å². The van der Waals surface area contributed by atoms with Crippen LogP contribution in [-0.4, -0.2) is 24.3 Å². The minimum Gasteiger partial charge on any atom is -0.495 e. The van der Waals surface area contributed by atoms with Crippen molar-refractivity contribution in [3.63, 3.8) is 0 Å². The number of hydrogen-bond acceptors (Lipinski definition) is 5. The molecular formula is C15H15NO4. The molecule has 3 aromatic rings. The predicted octanol–water partition coefficient (Wildman–Crippen LogP) is 3.05. The van der Waals surface area contributed by atoms with Gasteiger partial charge in [0.2, 0.25) is 0 Å². The normalized spacial score (nSPS) is 12.8. The summed E-state index contributed by atoms with van der Waals surface area (Å²) in [6.07, 6.45) is 0.988. The molecule has 0 aliphatic heterocycles. The van der Waals surface area contributed by atoms with Gasteiger partial charge in [-0.25, -0.2) is 0 Å². The summed E-state index contributed by atoms with van der Waals surface area (Å²) in [4.78, 5) is 4.34. The van der Waals surface area contributed by atoms with E-state index in [2.05, 4.69) is 4.98 Å². The van der Waals surface area contributed by atoms with Crippen molar-refractivity contribution in [2.75, 3.05) is 14.2 Å². The molecule has 1 atom stereocenters. The average Bonchev–Trinajstić information content (AvgIpc) is 2.89. The lowest BCUT2D eigenvalue weighted by Gasteiger charge is -2.10. The first-order chi connectivity index (χ1) is 9.67. The smallest absolute Gasteiger partial charge is 0.188 e. The van der Waals surface area contributed by atoms with Crippen molar-refractivity contribution < 1.29 is 19.0 Å². The summed E-state index contributed by atoms with van der Waals surface area (Å²) in [5, 5.41) is 11.3. The van der Waals surface area contributed by atoms with Crippen LogP contribution in [-0.2, 0) is 0 Å². The number of ether oxygens (including phenoxy) is 2. The number of methoxy groups -OCH3 is 2. The molecule has 5 nitrogen and oxygen atoms in total. The first-order valence-corrected chi connectivity index (χ1v) is 6.27. The highest BCUT2D eigenvalue weighted by atomic mass is 16.5. The van der Waals surface area contributed by atoms with E-state index < -0.39 is 6.10 Å². The van der Waals surface area contributed by atoms with Gasteiger partial charge in [0.15, 0.2) is 11.3 Å². The van der Waals surface area contributed by atoms with Crippen LogP contribution >= 0.6 is 0 Å². The van der Waals surface area contributed by atoms with E-state index in [1.165, 1.54) is 0 Å². The van der Waals surface area contributed by atoms with E-state index in [1.54, 1.807) is 33.4 Å². The van der Waals surface area contributed by atoms with Crippen LogP contribution in [0.5, 0.6) is 11.5 Å². The number of furan rings is 1. The van der Waals surface area contributed by atoms with Crippen LogP contribution < -0.4 is 9.47 Å². The summed E-state index contributed by atoms with van der Waals surface area (Å²) in [7, 11) is 3.17. The number of pyridine rings is 1. The first kappa shape index (κ1) is 12.7. The highest BCUT2D eigenvalue weighted by Crippen LogP contribution is 2.43. The molecule has 3 rings (SSSR count).